The maximum atomic E-state index is 5.83. The molecule has 0 bridgehead atoms. The van der Waals surface area contributed by atoms with Gasteiger partial charge in [-0.1, -0.05) is 24.3 Å². The predicted octanol–water partition coefficient (Wildman–Crippen LogP) is 1.81. The Bertz CT molecular complexity index is 614. The van der Waals surface area contributed by atoms with E-state index in [9.17, 15) is 0 Å². The molecule has 0 fully saturated rings. The predicted molar refractivity (Wildman–Crippen MR) is 74.5 cm³/mol. The first-order valence-corrected chi connectivity index (χ1v) is 5.99. The Morgan fingerprint density at radius 3 is 2.95 bits per heavy atom. The summed E-state index contributed by atoms with van der Waals surface area (Å²) in [6, 6.07) is 9.82. The molecule has 0 spiro atoms. The van der Waals surface area contributed by atoms with Crippen molar-refractivity contribution >= 4 is 17.3 Å². The lowest BCUT2D eigenvalue weighted by atomic mass is 10.1. The minimum Gasteiger partial charge on any atom is -0.486 e. The van der Waals surface area contributed by atoms with Crippen molar-refractivity contribution in [2.45, 2.75) is 13.5 Å². The number of nitrogen functional groups attached to an aromatic ring is 1. The van der Waals surface area contributed by atoms with Gasteiger partial charge in [0.1, 0.15) is 18.1 Å². The largest absolute Gasteiger partial charge is 0.486 e. The normalized spacial score (nSPS) is 12.5. The molecule has 5 N–H and O–H groups in total. The molecule has 0 saturated carbocycles. The van der Waals surface area contributed by atoms with E-state index in [0.29, 0.717) is 24.0 Å². The van der Waals surface area contributed by atoms with Crippen LogP contribution < -0.4 is 26.9 Å². The van der Waals surface area contributed by atoms with Gasteiger partial charge in [-0.2, -0.15) is 0 Å². The number of anilines is 3. The number of nitrogens with zero attached hydrogens (tertiary/aromatic N) is 1. The fourth-order valence-electron chi connectivity index (χ4n) is 1.95. The molecule has 1 aliphatic rings. The van der Waals surface area contributed by atoms with Crippen LogP contribution in [0, 0.1) is 6.92 Å². The summed E-state index contributed by atoms with van der Waals surface area (Å²) < 4.78 is 5.83. The minimum absolute atomic E-state index is 0.413. The van der Waals surface area contributed by atoms with Crippen LogP contribution in [0.1, 0.15) is 11.1 Å². The molecule has 1 aromatic carbocycles. The van der Waals surface area contributed by atoms with Crippen molar-refractivity contribution in [3.05, 3.63) is 41.5 Å². The van der Waals surface area contributed by atoms with Gasteiger partial charge in [0.2, 0.25) is 0 Å². The molecular weight excluding hydrogens is 242 g/mol. The Kier molecular flexibility index (Phi) is 2.85. The lowest BCUT2D eigenvalue weighted by molar-refractivity contribution is 0.307. The van der Waals surface area contributed by atoms with Crippen molar-refractivity contribution in [1.82, 2.24) is 10.5 Å². The van der Waals surface area contributed by atoms with Crippen molar-refractivity contribution in [3.63, 3.8) is 0 Å². The maximum absolute atomic E-state index is 5.83. The summed E-state index contributed by atoms with van der Waals surface area (Å²) in [5, 5.41) is 0. The van der Waals surface area contributed by atoms with Gasteiger partial charge in [-0.15, -0.1) is 5.53 Å². The zero-order valence-corrected chi connectivity index (χ0v) is 10.5. The molecule has 0 unspecified atom stereocenters. The molecule has 0 saturated heterocycles. The van der Waals surface area contributed by atoms with Crippen molar-refractivity contribution in [2.75, 3.05) is 16.6 Å². The molecule has 19 heavy (non-hydrogen) atoms. The van der Waals surface area contributed by atoms with Gasteiger partial charge in [0.15, 0.2) is 11.6 Å². The van der Waals surface area contributed by atoms with Crippen molar-refractivity contribution in [1.29, 1.82) is 0 Å². The smallest absolute Gasteiger partial charge is 0.172 e. The Morgan fingerprint density at radius 2 is 2.11 bits per heavy atom. The van der Waals surface area contributed by atoms with E-state index in [4.69, 9.17) is 10.5 Å². The number of hydrogen-bond donors (Lipinski definition) is 4. The van der Waals surface area contributed by atoms with Crippen LogP contribution in [0.5, 0.6) is 5.75 Å². The SMILES string of the molecule is Cc1ccccc1COc1cc(N)nc2c1NNN2. The third-order valence-corrected chi connectivity index (χ3v) is 3.02. The molecule has 1 aliphatic heterocycles. The van der Waals surface area contributed by atoms with Crippen LogP contribution in [0.15, 0.2) is 30.3 Å². The molecule has 2 aromatic rings. The Hall–Kier alpha value is -2.47. The second-order valence-electron chi connectivity index (χ2n) is 4.36. The number of aromatic nitrogens is 1. The summed E-state index contributed by atoms with van der Waals surface area (Å²) in [6.45, 7) is 2.55. The van der Waals surface area contributed by atoms with Crippen LogP contribution in [0.2, 0.25) is 0 Å². The number of hydrogen-bond acceptors (Lipinski definition) is 6. The number of aryl methyl sites for hydroxylation is 1. The van der Waals surface area contributed by atoms with Gasteiger partial charge in [-0.05, 0) is 18.1 Å². The molecule has 6 heteroatoms. The minimum atomic E-state index is 0.413. The van der Waals surface area contributed by atoms with Crippen LogP contribution in [0.25, 0.3) is 0 Å². The standard InChI is InChI=1S/C13H15N5O/c1-8-4-2-3-5-9(8)7-19-10-6-11(14)15-13-12(10)16-18-17-13/h2-6,16,18H,7H2,1H3,(H3,14,15,17). The van der Waals surface area contributed by atoms with Crippen LogP contribution in [0.3, 0.4) is 0 Å². The number of pyridine rings is 1. The van der Waals surface area contributed by atoms with Crippen LogP contribution in [-0.4, -0.2) is 4.98 Å². The summed E-state index contributed by atoms with van der Waals surface area (Å²) in [4.78, 5) is 4.15. The maximum Gasteiger partial charge on any atom is 0.172 e. The zero-order chi connectivity index (χ0) is 13.2. The molecule has 0 aliphatic carbocycles. The average molecular weight is 257 g/mol. The van der Waals surface area contributed by atoms with E-state index < -0.39 is 0 Å². The molecule has 6 nitrogen and oxygen atoms in total. The Labute approximate surface area is 110 Å². The van der Waals surface area contributed by atoms with Gasteiger partial charge in [-0.25, -0.2) is 4.98 Å². The summed E-state index contributed by atoms with van der Waals surface area (Å²) in [6.07, 6.45) is 0. The Morgan fingerprint density at radius 1 is 1.26 bits per heavy atom. The first-order chi connectivity index (χ1) is 9.24. The van der Waals surface area contributed by atoms with E-state index >= 15 is 0 Å². The molecule has 98 valence electrons. The molecule has 2 heterocycles. The highest BCUT2D eigenvalue weighted by atomic mass is 16.5. The average Bonchev–Trinajstić information content (AvgIpc) is 2.85. The summed E-state index contributed by atoms with van der Waals surface area (Å²) in [7, 11) is 0. The first-order valence-electron chi connectivity index (χ1n) is 5.99. The second kappa shape index (κ2) is 4.66. The van der Waals surface area contributed by atoms with Gasteiger partial charge in [0.05, 0.1) is 0 Å². The molecular formula is C13H15N5O. The first kappa shape index (κ1) is 11.6. The molecule has 1 aromatic heterocycles. The molecule has 0 radical (unpaired) electrons. The van der Waals surface area contributed by atoms with E-state index in [2.05, 4.69) is 34.4 Å². The third kappa shape index (κ3) is 2.25. The topological polar surface area (TPSA) is 84.2 Å². The zero-order valence-electron chi connectivity index (χ0n) is 10.5. The fraction of sp³-hybridized carbons (Fsp3) is 0.154. The summed E-state index contributed by atoms with van der Waals surface area (Å²) >= 11 is 0. The van der Waals surface area contributed by atoms with Crippen molar-refractivity contribution < 1.29 is 4.74 Å². The van der Waals surface area contributed by atoms with Crippen LogP contribution >= 0.6 is 0 Å². The van der Waals surface area contributed by atoms with Crippen molar-refractivity contribution in [3.8, 4) is 5.75 Å². The number of rotatable bonds is 3. The van der Waals surface area contributed by atoms with E-state index in [-0.39, 0.29) is 0 Å². The van der Waals surface area contributed by atoms with Gasteiger partial charge >= 0.3 is 0 Å². The quantitative estimate of drug-likeness (QED) is 0.671. The number of nitrogens with two attached hydrogens (primary N) is 1. The van der Waals surface area contributed by atoms with Gasteiger partial charge in [0, 0.05) is 6.07 Å². The lowest BCUT2D eigenvalue weighted by Gasteiger charge is -2.11. The monoisotopic (exact) mass is 257 g/mol. The van der Waals surface area contributed by atoms with E-state index in [1.54, 1.807) is 6.07 Å². The number of hydrazine groups is 2. The van der Waals surface area contributed by atoms with Gasteiger partial charge < -0.3 is 10.5 Å². The molecule has 0 atom stereocenters. The highest BCUT2D eigenvalue weighted by Gasteiger charge is 2.17. The lowest BCUT2D eigenvalue weighted by Crippen LogP contribution is -2.19. The second-order valence-corrected chi connectivity index (χ2v) is 4.36. The van der Waals surface area contributed by atoms with Gasteiger partial charge in [0.25, 0.3) is 0 Å². The number of ether oxygens (including phenoxy) is 1. The fourth-order valence-corrected chi connectivity index (χ4v) is 1.95. The summed E-state index contributed by atoms with van der Waals surface area (Å²) in [5.41, 5.74) is 17.4. The van der Waals surface area contributed by atoms with Gasteiger partial charge in [-0.3, -0.25) is 10.9 Å². The number of fused-ring (bicyclic) bond motifs is 1. The molecule has 3 rings (SSSR count). The van der Waals surface area contributed by atoms with E-state index in [0.717, 1.165) is 11.3 Å². The van der Waals surface area contributed by atoms with Crippen LogP contribution in [-0.2, 0) is 6.61 Å². The number of nitrogens with one attached hydrogen (secondary N) is 3. The van der Waals surface area contributed by atoms with E-state index in [1.165, 1.54) is 5.56 Å². The van der Waals surface area contributed by atoms with Crippen LogP contribution in [0.4, 0.5) is 17.3 Å². The molecule has 0 amide bonds. The third-order valence-electron chi connectivity index (χ3n) is 3.02. The van der Waals surface area contributed by atoms with E-state index in [1.807, 2.05) is 18.2 Å². The number of benzene rings is 1. The highest BCUT2D eigenvalue weighted by Crippen LogP contribution is 2.35. The highest BCUT2D eigenvalue weighted by molar-refractivity contribution is 5.76. The Balaban J connectivity index is 1.83. The summed E-state index contributed by atoms with van der Waals surface area (Å²) in [5.74, 6) is 1.72. The van der Waals surface area contributed by atoms with Crippen molar-refractivity contribution in [2.24, 2.45) is 0 Å².